The van der Waals surface area contributed by atoms with Gasteiger partial charge < -0.3 is 5.32 Å². The molecule has 0 aromatic rings. The van der Waals surface area contributed by atoms with Crippen molar-refractivity contribution in [2.45, 2.75) is 12.8 Å². The molecule has 54 valence electrons. The van der Waals surface area contributed by atoms with E-state index in [1.807, 2.05) is 0 Å². The van der Waals surface area contributed by atoms with E-state index in [1.54, 1.807) is 5.57 Å². The Kier molecular flexibility index (Phi) is 1.60. The third-order valence-electron chi connectivity index (χ3n) is 2.36. The maximum Gasteiger partial charge on any atom is 0.0137 e. The van der Waals surface area contributed by atoms with Crippen LogP contribution < -0.4 is 5.32 Å². The lowest BCUT2D eigenvalue weighted by atomic mass is 9.87. The molecule has 1 aliphatic carbocycles. The average molecular weight is 135 g/mol. The monoisotopic (exact) mass is 135 g/mol. The second-order valence-electron chi connectivity index (χ2n) is 3.05. The van der Waals surface area contributed by atoms with E-state index in [2.05, 4.69) is 23.5 Å². The van der Waals surface area contributed by atoms with Crippen molar-refractivity contribution < 1.29 is 0 Å². The maximum absolute atomic E-state index is 3.37. The van der Waals surface area contributed by atoms with Gasteiger partial charge in [0.15, 0.2) is 0 Å². The Hall–Kier alpha value is -0.560. The van der Waals surface area contributed by atoms with Gasteiger partial charge >= 0.3 is 0 Å². The number of hydrogen-bond acceptors (Lipinski definition) is 1. The summed E-state index contributed by atoms with van der Waals surface area (Å²) < 4.78 is 0. The number of rotatable bonds is 0. The zero-order valence-corrected chi connectivity index (χ0v) is 6.14. The van der Waals surface area contributed by atoms with E-state index in [9.17, 15) is 0 Å². The number of fused-ring (bicyclic) bond motifs is 1. The Labute approximate surface area is 61.8 Å². The van der Waals surface area contributed by atoms with Gasteiger partial charge in [0.05, 0.1) is 0 Å². The van der Waals surface area contributed by atoms with Crippen LogP contribution in [0.25, 0.3) is 0 Å². The van der Waals surface area contributed by atoms with E-state index < -0.39 is 0 Å². The molecular weight excluding hydrogens is 122 g/mol. The first-order valence-corrected chi connectivity index (χ1v) is 4.01. The van der Waals surface area contributed by atoms with Crippen molar-refractivity contribution in [1.29, 1.82) is 0 Å². The molecule has 2 aliphatic rings. The fraction of sp³-hybridized carbons (Fsp3) is 0.556. The van der Waals surface area contributed by atoms with Crippen molar-refractivity contribution in [2.24, 2.45) is 5.92 Å². The minimum atomic E-state index is 0.818. The predicted octanol–water partition coefficient (Wildman–Crippen LogP) is 1.48. The molecule has 1 N–H and O–H groups in total. The molecule has 1 heteroatoms. The predicted molar refractivity (Wildman–Crippen MR) is 42.8 cm³/mol. The van der Waals surface area contributed by atoms with Gasteiger partial charge in [0, 0.05) is 13.1 Å². The van der Waals surface area contributed by atoms with Gasteiger partial charge in [0.1, 0.15) is 0 Å². The second kappa shape index (κ2) is 2.59. The summed E-state index contributed by atoms with van der Waals surface area (Å²) in [4.78, 5) is 0. The van der Waals surface area contributed by atoms with Crippen molar-refractivity contribution in [3.8, 4) is 0 Å². The molecule has 0 amide bonds. The van der Waals surface area contributed by atoms with Crippen LogP contribution in [0.2, 0.25) is 0 Å². The van der Waals surface area contributed by atoms with Gasteiger partial charge in [0.25, 0.3) is 0 Å². The van der Waals surface area contributed by atoms with Crippen LogP contribution in [-0.4, -0.2) is 13.1 Å². The van der Waals surface area contributed by atoms with Crippen LogP contribution in [0, 0.1) is 5.92 Å². The molecule has 1 nitrogen and oxygen atoms in total. The van der Waals surface area contributed by atoms with Crippen LogP contribution in [0.1, 0.15) is 12.8 Å². The third-order valence-corrected chi connectivity index (χ3v) is 2.36. The summed E-state index contributed by atoms with van der Waals surface area (Å²) in [7, 11) is 0. The topological polar surface area (TPSA) is 12.0 Å². The SMILES string of the molecule is C1=CCC2CNCC=C2C1. The minimum absolute atomic E-state index is 0.818. The van der Waals surface area contributed by atoms with E-state index in [4.69, 9.17) is 0 Å². The molecule has 0 bridgehead atoms. The number of allylic oxidation sites excluding steroid dienone is 2. The van der Waals surface area contributed by atoms with Crippen LogP contribution in [0.3, 0.4) is 0 Å². The molecule has 1 unspecified atom stereocenters. The van der Waals surface area contributed by atoms with Crippen LogP contribution in [0.15, 0.2) is 23.8 Å². The van der Waals surface area contributed by atoms with Gasteiger partial charge in [-0.3, -0.25) is 0 Å². The second-order valence-corrected chi connectivity index (χ2v) is 3.05. The summed E-state index contributed by atoms with van der Waals surface area (Å²) in [6.45, 7) is 2.27. The van der Waals surface area contributed by atoms with Gasteiger partial charge in [0.2, 0.25) is 0 Å². The summed E-state index contributed by atoms with van der Waals surface area (Å²) >= 11 is 0. The first-order valence-electron chi connectivity index (χ1n) is 4.01. The quantitative estimate of drug-likeness (QED) is 0.496. The fourth-order valence-electron chi connectivity index (χ4n) is 1.72. The Bertz CT molecular complexity index is 179. The first-order chi connectivity index (χ1) is 4.97. The number of nitrogens with one attached hydrogen (secondary N) is 1. The third kappa shape index (κ3) is 1.01. The Morgan fingerprint density at radius 3 is 3.30 bits per heavy atom. The van der Waals surface area contributed by atoms with Crippen LogP contribution in [-0.2, 0) is 0 Å². The van der Waals surface area contributed by atoms with Gasteiger partial charge in [-0.05, 0) is 18.8 Å². The molecule has 0 radical (unpaired) electrons. The Morgan fingerprint density at radius 2 is 2.40 bits per heavy atom. The molecule has 1 heterocycles. The standard InChI is InChI=1S/C9H13N/c1-2-4-9-7-10-6-5-8(9)3-1/h1-2,5,9-10H,3-4,6-7H2. The van der Waals surface area contributed by atoms with Crippen molar-refractivity contribution in [1.82, 2.24) is 5.32 Å². The molecule has 1 atom stereocenters. The molecule has 0 aromatic carbocycles. The molecule has 10 heavy (non-hydrogen) atoms. The van der Waals surface area contributed by atoms with Crippen LogP contribution >= 0.6 is 0 Å². The highest BCUT2D eigenvalue weighted by Gasteiger charge is 2.16. The summed E-state index contributed by atoms with van der Waals surface area (Å²) in [6, 6.07) is 0. The highest BCUT2D eigenvalue weighted by molar-refractivity contribution is 5.19. The maximum atomic E-state index is 3.37. The van der Waals surface area contributed by atoms with Crippen LogP contribution in [0.4, 0.5) is 0 Å². The fourth-order valence-corrected chi connectivity index (χ4v) is 1.72. The van der Waals surface area contributed by atoms with Crippen molar-refractivity contribution in [3.63, 3.8) is 0 Å². The van der Waals surface area contributed by atoms with E-state index in [1.165, 1.54) is 19.4 Å². The van der Waals surface area contributed by atoms with Gasteiger partial charge in [-0.25, -0.2) is 0 Å². The van der Waals surface area contributed by atoms with Crippen molar-refractivity contribution in [3.05, 3.63) is 23.8 Å². The number of hydrogen-bond donors (Lipinski definition) is 1. The molecule has 0 saturated heterocycles. The highest BCUT2D eigenvalue weighted by atomic mass is 14.9. The lowest BCUT2D eigenvalue weighted by Crippen LogP contribution is -2.29. The van der Waals surface area contributed by atoms with E-state index in [0.717, 1.165) is 12.5 Å². The van der Waals surface area contributed by atoms with E-state index in [0.29, 0.717) is 0 Å². The summed E-state index contributed by atoms with van der Waals surface area (Å²) in [5.74, 6) is 0.818. The van der Waals surface area contributed by atoms with Crippen molar-refractivity contribution in [2.75, 3.05) is 13.1 Å². The lowest BCUT2D eigenvalue weighted by Gasteiger charge is -2.25. The smallest absolute Gasteiger partial charge is 0.0137 e. The molecule has 0 saturated carbocycles. The molecule has 0 spiro atoms. The van der Waals surface area contributed by atoms with Gasteiger partial charge in [-0.2, -0.15) is 0 Å². The zero-order chi connectivity index (χ0) is 6.81. The lowest BCUT2D eigenvalue weighted by molar-refractivity contribution is 0.515. The first kappa shape index (κ1) is 6.17. The zero-order valence-electron chi connectivity index (χ0n) is 6.14. The molecule has 2 rings (SSSR count). The highest BCUT2D eigenvalue weighted by Crippen LogP contribution is 2.25. The Balaban J connectivity index is 2.17. The largest absolute Gasteiger partial charge is 0.313 e. The molecule has 0 fully saturated rings. The summed E-state index contributed by atoms with van der Waals surface area (Å²) in [5, 5.41) is 3.37. The van der Waals surface area contributed by atoms with Gasteiger partial charge in [-0.1, -0.05) is 23.8 Å². The Morgan fingerprint density at radius 1 is 1.40 bits per heavy atom. The average Bonchev–Trinajstić information content (AvgIpc) is 2.05. The van der Waals surface area contributed by atoms with Crippen molar-refractivity contribution >= 4 is 0 Å². The van der Waals surface area contributed by atoms with E-state index in [-0.39, 0.29) is 0 Å². The van der Waals surface area contributed by atoms with Crippen LogP contribution in [0.5, 0.6) is 0 Å². The minimum Gasteiger partial charge on any atom is -0.313 e. The molecular formula is C9H13N. The summed E-state index contributed by atoms with van der Waals surface area (Å²) in [6.07, 6.45) is 9.38. The normalized spacial score (nSPS) is 31.2. The van der Waals surface area contributed by atoms with E-state index >= 15 is 0 Å². The van der Waals surface area contributed by atoms with Gasteiger partial charge in [-0.15, -0.1) is 0 Å². The molecule has 1 aliphatic heterocycles. The summed E-state index contributed by atoms with van der Waals surface area (Å²) in [5.41, 5.74) is 1.65. The molecule has 0 aromatic heterocycles.